The van der Waals surface area contributed by atoms with Crippen molar-refractivity contribution in [3.05, 3.63) is 35.2 Å². The number of nitrogens with zero attached hydrogens (tertiary/aromatic N) is 7. The number of rotatable bonds is 2. The van der Waals surface area contributed by atoms with Gasteiger partial charge >= 0.3 is 21.1 Å². The molecule has 7 rings (SSSR count). The van der Waals surface area contributed by atoms with Gasteiger partial charge in [-0.1, -0.05) is 0 Å². The molecule has 25 heteroatoms. The summed E-state index contributed by atoms with van der Waals surface area (Å²) in [6.45, 7) is 0.489. The van der Waals surface area contributed by atoms with Gasteiger partial charge in [-0.25, -0.2) is 29.5 Å². The Bertz CT molecular complexity index is 2030. The quantitative estimate of drug-likeness (QED) is 0.142. The second kappa shape index (κ2) is 11.1. The van der Waals surface area contributed by atoms with E-state index in [2.05, 4.69) is 29.9 Å². The lowest BCUT2D eigenvalue weighted by atomic mass is 10.1. The van der Waals surface area contributed by atoms with E-state index in [-0.39, 0.29) is 34.0 Å². The molecule has 3 aliphatic heterocycles. The summed E-state index contributed by atoms with van der Waals surface area (Å²) in [5.41, 5.74) is 0.104. The molecular formula is C22H25F2N9O12P2. The molecule has 254 valence electrons. The van der Waals surface area contributed by atoms with Crippen LogP contribution in [0, 0.1) is 6.92 Å². The molecule has 0 aliphatic carbocycles. The van der Waals surface area contributed by atoms with E-state index >= 15 is 8.78 Å². The highest BCUT2D eigenvalue weighted by Crippen LogP contribution is 2.63. The van der Waals surface area contributed by atoms with E-state index in [0.717, 1.165) is 28.1 Å². The van der Waals surface area contributed by atoms with Crippen molar-refractivity contribution < 1.29 is 61.0 Å². The minimum atomic E-state index is -6.13. The van der Waals surface area contributed by atoms with Crippen LogP contribution in [0.1, 0.15) is 24.7 Å². The van der Waals surface area contributed by atoms with E-state index in [1.54, 1.807) is 0 Å². The minimum Gasteiger partial charge on any atom is -0.387 e. The first-order chi connectivity index (χ1) is 22.1. The molecule has 0 aromatic carbocycles. The average molecular weight is 707 g/mol. The van der Waals surface area contributed by atoms with Crippen LogP contribution >= 0.6 is 15.4 Å². The number of halogens is 2. The fraction of sp³-hybridized carbons (Fsp3) is 0.545. The van der Waals surface area contributed by atoms with Gasteiger partial charge in [0.1, 0.15) is 48.2 Å². The van der Waals surface area contributed by atoms with Gasteiger partial charge in [0.2, 0.25) is 0 Å². The molecule has 2 bridgehead atoms. The summed E-state index contributed by atoms with van der Waals surface area (Å²) in [4.78, 5) is 55.9. The third-order valence-corrected chi connectivity index (χ3v) is 10.4. The summed E-state index contributed by atoms with van der Waals surface area (Å²) in [5.74, 6) is 0.0585. The van der Waals surface area contributed by atoms with Crippen LogP contribution < -0.4 is 11.3 Å². The Morgan fingerprint density at radius 2 is 1.64 bits per heavy atom. The summed E-state index contributed by atoms with van der Waals surface area (Å²) in [5, 5.41) is 22.1. The molecule has 0 amide bonds. The van der Waals surface area contributed by atoms with Crippen LogP contribution in [0.4, 0.5) is 14.6 Å². The van der Waals surface area contributed by atoms with Crippen LogP contribution in [-0.4, -0.2) is 108 Å². The highest BCUT2D eigenvalue weighted by Gasteiger charge is 2.61. The maximum atomic E-state index is 15.8. The van der Waals surface area contributed by atoms with Crippen molar-refractivity contribution in [2.75, 3.05) is 12.3 Å². The number of fused-ring (bicyclic) bond motifs is 5. The first kappa shape index (κ1) is 32.2. The molecule has 3 aliphatic rings. The Morgan fingerprint density at radius 1 is 0.957 bits per heavy atom. The van der Waals surface area contributed by atoms with Gasteiger partial charge in [-0.3, -0.25) is 32.1 Å². The maximum absolute atomic E-state index is 15.8. The third kappa shape index (κ3) is 5.36. The fourth-order valence-corrected chi connectivity index (χ4v) is 7.75. The molecule has 4 aromatic heterocycles. The molecule has 47 heavy (non-hydrogen) atoms. The number of nitrogens with one attached hydrogen (secondary N) is 1. The van der Waals surface area contributed by atoms with Crippen molar-refractivity contribution in [1.29, 1.82) is 0 Å². The zero-order valence-corrected chi connectivity index (χ0v) is 25.5. The number of anilines is 1. The van der Waals surface area contributed by atoms with Crippen molar-refractivity contribution in [2.45, 2.75) is 68.1 Å². The van der Waals surface area contributed by atoms with E-state index in [1.165, 1.54) is 6.92 Å². The smallest absolute Gasteiger partial charge is 0.387 e. The van der Waals surface area contributed by atoms with Crippen LogP contribution in [-0.2, 0) is 32.2 Å². The summed E-state index contributed by atoms with van der Waals surface area (Å²) < 4.78 is 86.6. The van der Waals surface area contributed by atoms with Gasteiger partial charge < -0.3 is 40.2 Å². The number of phosphoric acid groups is 1. The van der Waals surface area contributed by atoms with Gasteiger partial charge in [0.25, 0.3) is 5.56 Å². The first-order valence-electron chi connectivity index (χ1n) is 13.7. The highest BCUT2D eigenvalue weighted by molar-refractivity contribution is 7.54. The summed E-state index contributed by atoms with van der Waals surface area (Å²) in [6.07, 6.45) is -13.7. The number of aliphatic hydroxyl groups is 2. The van der Waals surface area contributed by atoms with Gasteiger partial charge in [-0.2, -0.15) is 8.78 Å². The molecule has 3 fully saturated rings. The van der Waals surface area contributed by atoms with E-state index in [4.69, 9.17) is 28.8 Å². The van der Waals surface area contributed by atoms with Crippen LogP contribution in [0.25, 0.3) is 22.3 Å². The largest absolute Gasteiger partial charge is 0.472 e. The zero-order chi connectivity index (χ0) is 33.6. The number of nitrogens with two attached hydrogens (primary N) is 1. The number of H-pyrrole nitrogens is 1. The molecular weight excluding hydrogens is 682 g/mol. The highest BCUT2D eigenvalue weighted by atomic mass is 31.2. The van der Waals surface area contributed by atoms with E-state index in [0.29, 0.717) is 0 Å². The van der Waals surface area contributed by atoms with Crippen LogP contribution in [0.2, 0.25) is 0 Å². The fourth-order valence-electron chi connectivity index (χ4n) is 5.67. The molecule has 0 radical (unpaired) electrons. The Kier molecular flexibility index (Phi) is 7.61. The monoisotopic (exact) mass is 707 g/mol. The lowest BCUT2D eigenvalue weighted by molar-refractivity contribution is -0.0804. The Labute approximate surface area is 259 Å². The molecule has 4 unspecified atom stereocenters. The minimum absolute atomic E-state index is 0.00541. The second-order valence-corrected chi connectivity index (χ2v) is 14.3. The van der Waals surface area contributed by atoms with Crippen molar-refractivity contribution in [1.82, 2.24) is 39.0 Å². The molecule has 7 heterocycles. The number of aliphatic hydroxyl groups excluding tert-OH is 2. The van der Waals surface area contributed by atoms with Gasteiger partial charge in [0, 0.05) is 0 Å². The van der Waals surface area contributed by atoms with E-state index in [1.807, 2.05) is 0 Å². The van der Waals surface area contributed by atoms with Crippen molar-refractivity contribution >= 4 is 43.6 Å². The van der Waals surface area contributed by atoms with Crippen LogP contribution in [0.15, 0.2) is 23.8 Å². The van der Waals surface area contributed by atoms with Gasteiger partial charge in [0.05, 0.1) is 31.8 Å². The van der Waals surface area contributed by atoms with Crippen molar-refractivity contribution in [3.8, 4) is 0 Å². The Hall–Kier alpha value is -3.34. The van der Waals surface area contributed by atoms with Crippen molar-refractivity contribution in [3.63, 3.8) is 0 Å². The average Bonchev–Trinajstić information content (AvgIpc) is 3.74. The number of nitrogen functional groups attached to an aromatic ring is 1. The molecule has 10 atom stereocenters. The lowest BCUT2D eigenvalue weighted by Gasteiger charge is -2.30. The predicted octanol–water partition coefficient (Wildman–Crippen LogP) is -0.564. The van der Waals surface area contributed by atoms with Gasteiger partial charge in [-0.05, 0) is 6.92 Å². The van der Waals surface area contributed by atoms with E-state index in [9.17, 15) is 33.9 Å². The first-order valence-corrected chi connectivity index (χ1v) is 16.7. The molecule has 3 saturated heterocycles. The number of ether oxygens (including phenoxy) is 2. The molecule has 0 saturated carbocycles. The zero-order valence-electron chi connectivity index (χ0n) is 23.7. The summed E-state index contributed by atoms with van der Waals surface area (Å²) in [6, 6.07) is 0. The number of aromatic nitrogens is 8. The summed E-state index contributed by atoms with van der Waals surface area (Å²) in [7, 11) is -11.4. The number of alkyl halides is 2. The normalized spacial score (nSPS) is 37.8. The predicted molar refractivity (Wildman–Crippen MR) is 147 cm³/mol. The summed E-state index contributed by atoms with van der Waals surface area (Å²) >= 11 is 0. The second-order valence-electron chi connectivity index (χ2n) is 11.0. The van der Waals surface area contributed by atoms with Crippen LogP contribution in [0.3, 0.4) is 0 Å². The lowest BCUT2D eigenvalue weighted by Crippen LogP contribution is -2.38. The Morgan fingerprint density at radius 3 is 2.38 bits per heavy atom. The number of aryl methyl sites for hydroxylation is 1. The van der Waals surface area contributed by atoms with E-state index < -0.39 is 88.7 Å². The van der Waals surface area contributed by atoms with Gasteiger partial charge in [0.15, 0.2) is 35.1 Å². The number of hydrogen-bond acceptors (Lipinski definition) is 16. The standard InChI is InChI=1S/C22H25F2N9O12P2/c1-7-30-18-11(19(36)31-7)29-6-33(18)21-15-12(34)9(43-21)3-41-47(39,40)45-14-8(2-22(23,24)46(37,38)44-15)42-20(13(14)35)32-5-28-10-16(25)26-4-27-17(10)32/h4-6,8-9,12-15,20-21,34-35H,2-3H2,1H3,(H,37,38)(H,39,40)(H2,25,26,27)(H,30,31,36)/t8-,9-,12?,13?,14+,15+,20-,21-/m1/s1. The number of aromatic amines is 1. The maximum Gasteiger partial charge on any atom is 0.472 e. The third-order valence-electron chi connectivity index (χ3n) is 7.89. The molecule has 21 nitrogen and oxygen atoms in total. The van der Waals surface area contributed by atoms with Crippen LogP contribution in [0.5, 0.6) is 0 Å². The number of hydrogen-bond donors (Lipinski definition) is 6. The van der Waals surface area contributed by atoms with Crippen molar-refractivity contribution in [2.24, 2.45) is 0 Å². The number of phosphoric ester groups is 1. The molecule has 7 N–H and O–H groups in total. The number of imidazole rings is 2. The molecule has 0 spiro atoms. The SMILES string of the molecule is Cc1nc2c(ncn2[C@@H]2O[C@@H]3COP(=O)(O)O[C@@H]4C(O)[C@H](n5cnc6c(N)ncnc65)O[C@@H]4CC(F)(F)P(=O)(O)O[C@H]2C3O)c(=O)[nH]1. The Balaban J connectivity index is 1.26. The van der Waals surface area contributed by atoms with Gasteiger partial charge in [-0.15, -0.1) is 0 Å². The topological polar surface area (TPSA) is 294 Å². The molecule has 4 aromatic rings.